The number of aromatic nitrogens is 1. The van der Waals surface area contributed by atoms with Gasteiger partial charge in [0.2, 0.25) is 0 Å². The second-order valence-electron chi connectivity index (χ2n) is 7.74. The van der Waals surface area contributed by atoms with Crippen molar-refractivity contribution in [3.05, 3.63) is 65.5 Å². The number of benzene rings is 2. The van der Waals surface area contributed by atoms with Crippen LogP contribution in [0.15, 0.2) is 53.1 Å². The Hall–Kier alpha value is -3.15. The second kappa shape index (κ2) is 8.07. The summed E-state index contributed by atoms with van der Waals surface area (Å²) < 4.78 is 5.35. The number of fused-ring (bicyclic) bond motifs is 1. The van der Waals surface area contributed by atoms with Crippen molar-refractivity contribution in [2.45, 2.75) is 38.6 Å². The molecule has 1 aromatic heterocycles. The Balaban J connectivity index is 1.34. The van der Waals surface area contributed by atoms with Gasteiger partial charge in [0, 0.05) is 25.1 Å². The average Bonchev–Trinajstić information content (AvgIpc) is 3.19. The van der Waals surface area contributed by atoms with Crippen LogP contribution in [0.1, 0.15) is 48.7 Å². The molecule has 1 aliphatic heterocycles. The number of aryl methyl sites for hydroxylation is 1. The number of rotatable bonds is 3. The first kappa shape index (κ1) is 19.2. The topological polar surface area (TPSA) is 75.4 Å². The summed E-state index contributed by atoms with van der Waals surface area (Å²) >= 11 is 0. The summed E-state index contributed by atoms with van der Waals surface area (Å²) in [4.78, 5) is 26.7. The fourth-order valence-electron chi connectivity index (χ4n) is 3.91. The lowest BCUT2D eigenvalue weighted by Crippen LogP contribution is -2.46. The maximum Gasteiger partial charge on any atom is 0.311 e. The van der Waals surface area contributed by atoms with Crippen LogP contribution < -0.4 is 5.32 Å². The lowest BCUT2D eigenvalue weighted by atomic mass is 9.94. The first-order valence-corrected chi connectivity index (χ1v) is 10.0. The van der Waals surface area contributed by atoms with Crippen LogP contribution in [0.4, 0.5) is 0 Å². The summed E-state index contributed by atoms with van der Waals surface area (Å²) in [5.74, 6) is 0.0910. The Kier molecular flexibility index (Phi) is 5.34. The van der Waals surface area contributed by atoms with Crippen LogP contribution in [-0.2, 0) is 9.59 Å². The zero-order chi connectivity index (χ0) is 20.4. The number of hydrogen-bond donors (Lipinski definition) is 1. The lowest BCUT2D eigenvalue weighted by molar-refractivity contribution is -0.146. The number of amides is 2. The van der Waals surface area contributed by atoms with Crippen LogP contribution in [0.25, 0.3) is 10.8 Å². The zero-order valence-electron chi connectivity index (χ0n) is 16.7. The van der Waals surface area contributed by atoms with Crippen LogP contribution in [-0.4, -0.2) is 35.0 Å². The second-order valence-corrected chi connectivity index (χ2v) is 7.74. The van der Waals surface area contributed by atoms with Crippen molar-refractivity contribution in [2.24, 2.45) is 0 Å². The SMILES string of the molecule is Cc1cc(C2CCN(C(=O)C(=O)NC(C)c3ccc4ccccc4c3)CC2)on1. The van der Waals surface area contributed by atoms with Crippen LogP contribution in [0, 0.1) is 6.92 Å². The molecule has 0 radical (unpaired) electrons. The van der Waals surface area contributed by atoms with Crippen LogP contribution >= 0.6 is 0 Å². The standard InChI is InChI=1S/C23H25N3O3/c1-15-13-21(29-25-15)18-9-11-26(12-10-18)23(28)22(27)24-16(2)19-8-7-17-5-3-4-6-20(17)14-19/h3-8,13-14,16,18H,9-12H2,1-2H3,(H,24,27). The average molecular weight is 391 g/mol. The van der Waals surface area contributed by atoms with Gasteiger partial charge in [0.25, 0.3) is 0 Å². The molecule has 0 saturated carbocycles. The van der Waals surface area contributed by atoms with Gasteiger partial charge in [-0.25, -0.2) is 0 Å². The molecule has 29 heavy (non-hydrogen) atoms. The Morgan fingerprint density at radius 2 is 1.83 bits per heavy atom. The summed E-state index contributed by atoms with van der Waals surface area (Å²) in [7, 11) is 0. The molecule has 4 rings (SSSR count). The number of carbonyl (C=O) groups is 2. The molecule has 1 unspecified atom stereocenters. The molecule has 1 atom stereocenters. The summed E-state index contributed by atoms with van der Waals surface area (Å²) in [6.07, 6.45) is 1.54. The van der Waals surface area contributed by atoms with E-state index in [1.165, 1.54) is 0 Å². The Labute approximate surface area is 169 Å². The molecular weight excluding hydrogens is 366 g/mol. The van der Waals surface area contributed by atoms with Gasteiger partial charge in [-0.1, -0.05) is 41.6 Å². The largest absolute Gasteiger partial charge is 0.361 e. The molecule has 1 fully saturated rings. The van der Waals surface area contributed by atoms with E-state index in [1.54, 1.807) is 4.90 Å². The van der Waals surface area contributed by atoms with Crippen molar-refractivity contribution in [1.82, 2.24) is 15.4 Å². The third-order valence-corrected chi connectivity index (χ3v) is 5.65. The molecule has 6 heteroatoms. The van der Waals surface area contributed by atoms with Gasteiger partial charge in [-0.3, -0.25) is 9.59 Å². The predicted molar refractivity (Wildman–Crippen MR) is 110 cm³/mol. The van der Waals surface area contributed by atoms with Gasteiger partial charge in [0.05, 0.1) is 11.7 Å². The van der Waals surface area contributed by atoms with Crippen molar-refractivity contribution in [3.63, 3.8) is 0 Å². The predicted octanol–water partition coefficient (Wildman–Crippen LogP) is 3.72. The molecule has 1 N–H and O–H groups in total. The molecule has 3 aromatic rings. The van der Waals surface area contributed by atoms with Crippen molar-refractivity contribution in [3.8, 4) is 0 Å². The van der Waals surface area contributed by atoms with E-state index in [2.05, 4.69) is 22.6 Å². The molecule has 1 saturated heterocycles. The third kappa shape index (κ3) is 4.16. The molecule has 2 amide bonds. The molecule has 150 valence electrons. The molecular formula is C23H25N3O3. The van der Waals surface area contributed by atoms with E-state index in [1.807, 2.05) is 50.2 Å². The molecule has 2 aromatic carbocycles. The fourth-order valence-corrected chi connectivity index (χ4v) is 3.91. The Morgan fingerprint density at radius 3 is 2.52 bits per heavy atom. The van der Waals surface area contributed by atoms with Crippen molar-refractivity contribution in [2.75, 3.05) is 13.1 Å². The molecule has 2 heterocycles. The number of likely N-dealkylation sites (tertiary alicyclic amines) is 1. The van der Waals surface area contributed by atoms with E-state index in [4.69, 9.17) is 4.52 Å². The highest BCUT2D eigenvalue weighted by Gasteiger charge is 2.29. The van der Waals surface area contributed by atoms with Gasteiger partial charge in [0.15, 0.2) is 0 Å². The third-order valence-electron chi connectivity index (χ3n) is 5.65. The van der Waals surface area contributed by atoms with E-state index in [9.17, 15) is 9.59 Å². The first-order valence-electron chi connectivity index (χ1n) is 10.0. The van der Waals surface area contributed by atoms with Gasteiger partial charge in [0.1, 0.15) is 5.76 Å². The van der Waals surface area contributed by atoms with E-state index in [0.29, 0.717) is 13.1 Å². The first-order chi connectivity index (χ1) is 14.0. The monoisotopic (exact) mass is 391 g/mol. The number of nitrogens with one attached hydrogen (secondary N) is 1. The van der Waals surface area contributed by atoms with Gasteiger partial charge in [-0.2, -0.15) is 0 Å². The van der Waals surface area contributed by atoms with Crippen molar-refractivity contribution >= 4 is 22.6 Å². The number of carbonyl (C=O) groups excluding carboxylic acids is 2. The Bertz CT molecular complexity index is 1030. The molecule has 0 aliphatic carbocycles. The normalized spacial score (nSPS) is 16.0. The highest BCUT2D eigenvalue weighted by Crippen LogP contribution is 2.28. The Morgan fingerprint density at radius 1 is 1.10 bits per heavy atom. The van der Waals surface area contributed by atoms with Gasteiger partial charge in [-0.15, -0.1) is 0 Å². The zero-order valence-corrected chi connectivity index (χ0v) is 16.7. The van der Waals surface area contributed by atoms with Crippen molar-refractivity contribution in [1.29, 1.82) is 0 Å². The summed E-state index contributed by atoms with van der Waals surface area (Å²) in [6.45, 7) is 4.88. The highest BCUT2D eigenvalue weighted by molar-refractivity contribution is 6.35. The molecule has 0 spiro atoms. The molecule has 0 bridgehead atoms. The minimum atomic E-state index is -0.556. The lowest BCUT2D eigenvalue weighted by Gasteiger charge is -2.30. The van der Waals surface area contributed by atoms with Crippen LogP contribution in [0.5, 0.6) is 0 Å². The summed E-state index contributed by atoms with van der Waals surface area (Å²) in [5.41, 5.74) is 1.84. The van der Waals surface area contributed by atoms with Gasteiger partial charge < -0.3 is 14.7 Å². The smallest absolute Gasteiger partial charge is 0.311 e. The van der Waals surface area contributed by atoms with Gasteiger partial charge >= 0.3 is 11.8 Å². The molecule has 6 nitrogen and oxygen atoms in total. The van der Waals surface area contributed by atoms with Crippen LogP contribution in [0.3, 0.4) is 0 Å². The van der Waals surface area contributed by atoms with E-state index in [-0.39, 0.29) is 12.0 Å². The minimum absolute atomic E-state index is 0.245. The number of piperidine rings is 1. The quantitative estimate of drug-likeness (QED) is 0.691. The van der Waals surface area contributed by atoms with Crippen LogP contribution in [0.2, 0.25) is 0 Å². The van der Waals surface area contributed by atoms with E-state index in [0.717, 1.165) is 40.6 Å². The molecule has 1 aliphatic rings. The fraction of sp³-hybridized carbons (Fsp3) is 0.348. The van der Waals surface area contributed by atoms with E-state index >= 15 is 0 Å². The number of hydrogen-bond acceptors (Lipinski definition) is 4. The van der Waals surface area contributed by atoms with E-state index < -0.39 is 11.8 Å². The maximum atomic E-state index is 12.6. The number of nitrogens with zero attached hydrogens (tertiary/aromatic N) is 2. The summed E-state index contributed by atoms with van der Waals surface area (Å²) in [5, 5.41) is 9.04. The van der Waals surface area contributed by atoms with Crippen molar-refractivity contribution < 1.29 is 14.1 Å². The summed E-state index contributed by atoms with van der Waals surface area (Å²) in [6, 6.07) is 15.9. The van der Waals surface area contributed by atoms with Gasteiger partial charge in [-0.05, 0) is 49.1 Å². The maximum absolute atomic E-state index is 12.6. The highest BCUT2D eigenvalue weighted by atomic mass is 16.5. The minimum Gasteiger partial charge on any atom is -0.361 e.